The van der Waals surface area contributed by atoms with E-state index in [9.17, 15) is 18.0 Å². The number of rotatable bonds is 7. The monoisotopic (exact) mass is 407 g/mol. The molecule has 0 radical (unpaired) electrons. The number of carbonyl (C=O) groups is 1. The number of halogens is 3. The van der Waals surface area contributed by atoms with Gasteiger partial charge in [0.05, 0.1) is 10.6 Å². The zero-order valence-electron chi connectivity index (χ0n) is 14.7. The van der Waals surface area contributed by atoms with Crippen LogP contribution in [0.1, 0.15) is 20.8 Å². The molecule has 0 aliphatic rings. The van der Waals surface area contributed by atoms with Crippen molar-refractivity contribution in [1.29, 1.82) is 0 Å². The van der Waals surface area contributed by atoms with E-state index in [1.54, 1.807) is 42.6 Å². The lowest BCUT2D eigenvalue weighted by Crippen LogP contribution is -2.13. The third-order valence-electron chi connectivity index (χ3n) is 3.71. The predicted molar refractivity (Wildman–Crippen MR) is 101 cm³/mol. The summed E-state index contributed by atoms with van der Waals surface area (Å²) < 4.78 is 48.5. The van der Waals surface area contributed by atoms with Gasteiger partial charge in [-0.2, -0.15) is 8.78 Å². The fourth-order valence-electron chi connectivity index (χ4n) is 2.42. The molecular formula is C20H16F3NO3S. The van der Waals surface area contributed by atoms with Gasteiger partial charge >= 0.3 is 6.61 Å². The summed E-state index contributed by atoms with van der Waals surface area (Å²) in [5.41, 5.74) is 1.62. The molecule has 0 aliphatic carbocycles. The lowest BCUT2D eigenvalue weighted by molar-refractivity contribution is -0.0493. The minimum Gasteiger partial charge on any atom is -0.486 e. The fourth-order valence-corrected chi connectivity index (χ4v) is 3.21. The Hall–Kier alpha value is -3.00. The van der Waals surface area contributed by atoms with Crippen molar-refractivity contribution in [1.82, 2.24) is 0 Å². The molecule has 2 aromatic carbocycles. The molecule has 0 bridgehead atoms. The highest BCUT2D eigenvalue weighted by Gasteiger charge is 2.15. The van der Waals surface area contributed by atoms with E-state index in [1.165, 1.54) is 29.5 Å². The van der Waals surface area contributed by atoms with Crippen LogP contribution in [0.5, 0.6) is 11.5 Å². The standard InChI is InChI=1S/C20H16F3NO3S/c1-12-6-7-17(27-20(22)23)15(8-12)24-19(25)18-9-13(11-28-18)10-26-16-5-3-2-4-14(16)21/h2-9,11,20H,10H2,1H3,(H,24,25). The first kappa shape index (κ1) is 19.8. The highest BCUT2D eigenvalue weighted by molar-refractivity contribution is 7.12. The van der Waals surface area contributed by atoms with Crippen molar-refractivity contribution in [2.45, 2.75) is 20.1 Å². The number of ether oxygens (including phenoxy) is 2. The van der Waals surface area contributed by atoms with Crippen molar-refractivity contribution in [3.8, 4) is 11.5 Å². The molecule has 0 atom stereocenters. The zero-order valence-corrected chi connectivity index (χ0v) is 15.6. The summed E-state index contributed by atoms with van der Waals surface area (Å²) in [5.74, 6) is -0.935. The lowest BCUT2D eigenvalue weighted by atomic mass is 10.2. The normalized spacial score (nSPS) is 10.8. The van der Waals surface area contributed by atoms with Crippen LogP contribution in [0, 0.1) is 12.7 Å². The Morgan fingerprint density at radius 1 is 1.14 bits per heavy atom. The van der Waals surface area contributed by atoms with Gasteiger partial charge in [0.25, 0.3) is 5.91 Å². The third kappa shape index (κ3) is 5.04. The van der Waals surface area contributed by atoms with E-state index in [1.807, 2.05) is 0 Å². The first-order chi connectivity index (χ1) is 13.4. The van der Waals surface area contributed by atoms with Crippen molar-refractivity contribution in [2.75, 3.05) is 5.32 Å². The van der Waals surface area contributed by atoms with Crippen molar-refractivity contribution in [3.63, 3.8) is 0 Å². The van der Waals surface area contributed by atoms with Gasteiger partial charge in [-0.05, 0) is 48.2 Å². The number of benzene rings is 2. The van der Waals surface area contributed by atoms with Gasteiger partial charge in [0.15, 0.2) is 11.6 Å². The van der Waals surface area contributed by atoms with Crippen LogP contribution in [0.3, 0.4) is 0 Å². The highest BCUT2D eigenvalue weighted by Crippen LogP contribution is 2.28. The molecule has 0 aliphatic heterocycles. The largest absolute Gasteiger partial charge is 0.486 e. The summed E-state index contributed by atoms with van der Waals surface area (Å²) in [5, 5.41) is 4.29. The van der Waals surface area contributed by atoms with Crippen molar-refractivity contribution in [3.05, 3.63) is 75.7 Å². The van der Waals surface area contributed by atoms with Crippen LogP contribution >= 0.6 is 11.3 Å². The van der Waals surface area contributed by atoms with Crippen LogP contribution in [0.2, 0.25) is 0 Å². The average molecular weight is 407 g/mol. The predicted octanol–water partition coefficient (Wildman–Crippen LogP) is 5.63. The summed E-state index contributed by atoms with van der Waals surface area (Å²) in [7, 11) is 0. The molecule has 1 N–H and O–H groups in total. The van der Waals surface area contributed by atoms with Gasteiger partial charge in [-0.1, -0.05) is 18.2 Å². The Morgan fingerprint density at radius 3 is 2.68 bits per heavy atom. The van der Waals surface area contributed by atoms with Crippen LogP contribution in [0.25, 0.3) is 0 Å². The smallest absolute Gasteiger partial charge is 0.387 e. The van der Waals surface area contributed by atoms with Crippen LogP contribution in [-0.4, -0.2) is 12.5 Å². The minimum absolute atomic E-state index is 0.0922. The van der Waals surface area contributed by atoms with Crippen molar-refractivity contribution < 1.29 is 27.4 Å². The number of para-hydroxylation sites is 1. The fraction of sp³-hybridized carbons (Fsp3) is 0.150. The average Bonchev–Trinajstić information content (AvgIpc) is 3.12. The maximum Gasteiger partial charge on any atom is 0.387 e. The molecule has 3 rings (SSSR count). The van der Waals surface area contributed by atoms with E-state index in [4.69, 9.17) is 4.74 Å². The molecule has 4 nitrogen and oxygen atoms in total. The third-order valence-corrected chi connectivity index (χ3v) is 4.69. The van der Waals surface area contributed by atoms with Crippen molar-refractivity contribution in [2.24, 2.45) is 0 Å². The maximum absolute atomic E-state index is 13.6. The van der Waals surface area contributed by atoms with Crippen molar-refractivity contribution >= 4 is 22.9 Å². The van der Waals surface area contributed by atoms with E-state index >= 15 is 0 Å². The molecule has 0 unspecified atom stereocenters. The van der Waals surface area contributed by atoms with Crippen LogP contribution in [0.4, 0.5) is 18.9 Å². The molecule has 1 heterocycles. The second-order valence-corrected chi connectivity index (χ2v) is 6.78. The van der Waals surface area contributed by atoms with Gasteiger partial charge in [0.2, 0.25) is 0 Å². The number of hydrogen-bond donors (Lipinski definition) is 1. The van der Waals surface area contributed by atoms with Gasteiger partial charge in [-0.15, -0.1) is 11.3 Å². The lowest BCUT2D eigenvalue weighted by Gasteiger charge is -2.12. The topological polar surface area (TPSA) is 47.6 Å². The molecule has 28 heavy (non-hydrogen) atoms. The van der Waals surface area contributed by atoms with E-state index in [-0.39, 0.29) is 23.8 Å². The molecule has 0 fully saturated rings. The Kier molecular flexibility index (Phi) is 6.20. The summed E-state index contributed by atoms with van der Waals surface area (Å²) >= 11 is 1.17. The summed E-state index contributed by atoms with van der Waals surface area (Å²) in [6.45, 7) is -1.14. The maximum atomic E-state index is 13.6. The molecular weight excluding hydrogens is 391 g/mol. The Balaban J connectivity index is 1.68. The second kappa shape index (κ2) is 8.79. The summed E-state index contributed by atoms with van der Waals surface area (Å²) in [6.07, 6.45) is 0. The first-order valence-corrected chi connectivity index (χ1v) is 9.12. The van der Waals surface area contributed by atoms with E-state index in [0.717, 1.165) is 5.56 Å². The van der Waals surface area contributed by atoms with Crippen LogP contribution < -0.4 is 14.8 Å². The summed E-state index contributed by atoms with van der Waals surface area (Å²) in [6, 6.07) is 12.2. The second-order valence-electron chi connectivity index (χ2n) is 5.87. The van der Waals surface area contributed by atoms with Crippen LogP contribution in [-0.2, 0) is 6.61 Å². The molecule has 8 heteroatoms. The molecule has 0 saturated heterocycles. The number of alkyl halides is 2. The van der Waals surface area contributed by atoms with E-state index in [2.05, 4.69) is 10.1 Å². The molecule has 3 aromatic rings. The SMILES string of the molecule is Cc1ccc(OC(F)F)c(NC(=O)c2cc(COc3ccccc3F)cs2)c1. The number of aryl methyl sites for hydroxylation is 1. The Labute approximate surface area is 163 Å². The first-order valence-electron chi connectivity index (χ1n) is 8.24. The van der Waals surface area contributed by atoms with Gasteiger partial charge in [0.1, 0.15) is 12.4 Å². The van der Waals surface area contributed by atoms with E-state index < -0.39 is 18.3 Å². The van der Waals surface area contributed by atoms with Gasteiger partial charge in [-0.25, -0.2) is 4.39 Å². The Bertz CT molecular complexity index is 975. The summed E-state index contributed by atoms with van der Waals surface area (Å²) in [4.78, 5) is 12.8. The number of amides is 1. The number of carbonyl (C=O) groups excluding carboxylic acids is 1. The molecule has 0 saturated carbocycles. The number of nitrogens with one attached hydrogen (secondary N) is 1. The van der Waals surface area contributed by atoms with Gasteiger partial charge in [-0.3, -0.25) is 4.79 Å². The molecule has 146 valence electrons. The molecule has 0 spiro atoms. The Morgan fingerprint density at radius 2 is 1.93 bits per heavy atom. The van der Waals surface area contributed by atoms with Gasteiger partial charge in [0, 0.05) is 5.56 Å². The number of hydrogen-bond acceptors (Lipinski definition) is 4. The zero-order chi connectivity index (χ0) is 20.1. The number of anilines is 1. The van der Waals surface area contributed by atoms with Crippen LogP contribution in [0.15, 0.2) is 53.9 Å². The minimum atomic E-state index is -3.00. The van der Waals surface area contributed by atoms with Gasteiger partial charge < -0.3 is 14.8 Å². The number of thiophene rings is 1. The quantitative estimate of drug-likeness (QED) is 0.552. The highest BCUT2D eigenvalue weighted by atomic mass is 32.1. The van der Waals surface area contributed by atoms with E-state index in [0.29, 0.717) is 10.4 Å². The molecule has 1 aromatic heterocycles. The molecule has 1 amide bonds.